The van der Waals surface area contributed by atoms with Gasteiger partial charge in [-0.15, -0.1) is 21.5 Å². The van der Waals surface area contributed by atoms with E-state index < -0.39 is 47.3 Å². The van der Waals surface area contributed by atoms with Crippen LogP contribution in [0, 0.1) is 18.2 Å². The number of hydrogen-bond donors (Lipinski definition) is 5. The fraction of sp³-hybridized carbons (Fsp3) is 0.500. The number of aliphatic hydroxyl groups is 1. The number of thiazole rings is 1. The molecule has 23 nitrogen and oxygen atoms in total. The third-order valence-electron chi connectivity index (χ3n) is 14.8. The molecule has 27 heteroatoms. The van der Waals surface area contributed by atoms with Gasteiger partial charge in [0, 0.05) is 79.0 Å². The highest BCUT2D eigenvalue weighted by atomic mass is 35.5. The fourth-order valence-corrected chi connectivity index (χ4v) is 11.7. The standard InChI is InChI=1S/C62H79Cl2FN10O13S/c1-37-33-73(60(81)43-12-14-44(15-13-43)69-58(79)48-31-50(57(66)72-71-48)88-40(4)53-46(63)16-17-47(65)54(53)64)34-38(2)75(37)52(78)19-21-84-23-25-86-27-29-87-28-26-85-24-22-83-20-18-51(77)70-56(62(5,6)7)61(82)74-35-45(76)30-49(74)59(80)67-32-41-8-10-42(11-9-41)55-39(3)68-36-89-55/h8-17,31,36-38,40,45,49,56,76H,18-30,32-35H2,1-7H3,(H2,66,72)(H,67,80)(H,69,79)(H,70,77)/t37-,38+,40?,45-,49+,56?/m1/s1. The molecule has 3 aromatic carbocycles. The number of nitrogens with two attached hydrogens (primary N) is 1. The molecule has 5 aromatic rings. The number of carbonyl (C=O) groups excluding carboxylic acids is 6. The molecular weight excluding hydrogens is 1210 g/mol. The number of nitrogens with one attached hydrogen (secondary N) is 3. The lowest BCUT2D eigenvalue weighted by atomic mass is 9.85. The molecule has 2 saturated heterocycles. The molecule has 6 amide bonds. The summed E-state index contributed by atoms with van der Waals surface area (Å²) in [6, 6.07) is 15.6. The number of likely N-dealkylation sites (tertiary alicyclic amines) is 1. The summed E-state index contributed by atoms with van der Waals surface area (Å²) in [6.45, 7) is 16.4. The number of aliphatic hydroxyl groups excluding tert-OH is 1. The van der Waals surface area contributed by atoms with E-state index in [9.17, 15) is 38.3 Å². The average molecular weight is 1290 g/mol. The van der Waals surface area contributed by atoms with Crippen LogP contribution in [0.5, 0.6) is 5.75 Å². The third kappa shape index (κ3) is 19.8. The second kappa shape index (κ2) is 33.2. The summed E-state index contributed by atoms with van der Waals surface area (Å²) in [5.74, 6) is -2.95. The lowest BCUT2D eigenvalue weighted by Crippen LogP contribution is -2.59. The molecular formula is C62H79Cl2FN10O13S. The topological polar surface area (TPSA) is 289 Å². The highest BCUT2D eigenvalue weighted by molar-refractivity contribution is 7.13. The Kier molecular flexibility index (Phi) is 26.0. The molecule has 0 spiro atoms. The Labute approximate surface area is 531 Å². The highest BCUT2D eigenvalue weighted by Crippen LogP contribution is 2.36. The monoisotopic (exact) mass is 1290 g/mol. The predicted octanol–water partition coefficient (Wildman–Crippen LogP) is 7.06. The third-order valence-corrected chi connectivity index (χ3v) is 16.5. The normalized spacial score (nSPS) is 17.5. The lowest BCUT2D eigenvalue weighted by Gasteiger charge is -2.44. The minimum Gasteiger partial charge on any atom is -0.482 e. The van der Waals surface area contributed by atoms with E-state index in [4.69, 9.17) is 57.4 Å². The molecule has 6 N–H and O–H groups in total. The van der Waals surface area contributed by atoms with E-state index in [-0.39, 0.29) is 134 Å². The molecule has 2 aromatic heterocycles. The summed E-state index contributed by atoms with van der Waals surface area (Å²) in [5.41, 5.74) is 10.8. The maximum atomic E-state index is 14.2. The number of hydrogen-bond acceptors (Lipinski definition) is 18. The first-order valence-corrected chi connectivity index (χ1v) is 31.0. The van der Waals surface area contributed by atoms with Gasteiger partial charge in [-0.25, -0.2) is 9.37 Å². The van der Waals surface area contributed by atoms with Gasteiger partial charge in [0.05, 0.1) is 99.7 Å². The van der Waals surface area contributed by atoms with Gasteiger partial charge in [-0.1, -0.05) is 68.2 Å². The van der Waals surface area contributed by atoms with Crippen LogP contribution in [0.25, 0.3) is 10.4 Å². The first kappa shape index (κ1) is 69.5. The van der Waals surface area contributed by atoms with E-state index in [2.05, 4.69) is 31.1 Å². The van der Waals surface area contributed by atoms with Crippen molar-refractivity contribution in [1.29, 1.82) is 0 Å². The second-order valence-corrected chi connectivity index (χ2v) is 24.4. The van der Waals surface area contributed by atoms with Gasteiger partial charge in [-0.2, -0.15) is 0 Å². The molecule has 2 fully saturated rings. The van der Waals surface area contributed by atoms with Crippen molar-refractivity contribution in [2.75, 3.05) is 96.8 Å². The Morgan fingerprint density at radius 1 is 0.809 bits per heavy atom. The molecule has 0 bridgehead atoms. The molecule has 2 aliphatic rings. The van der Waals surface area contributed by atoms with Gasteiger partial charge < -0.3 is 69.9 Å². The van der Waals surface area contributed by atoms with Crippen LogP contribution >= 0.6 is 34.5 Å². The quantitative estimate of drug-likeness (QED) is 0.0227. The summed E-state index contributed by atoms with van der Waals surface area (Å²) >= 11 is 14.0. The number of carbonyl (C=O) groups is 6. The zero-order chi connectivity index (χ0) is 64.4. The van der Waals surface area contributed by atoms with Gasteiger partial charge in [0.15, 0.2) is 17.3 Å². The van der Waals surface area contributed by atoms with Gasteiger partial charge in [0.2, 0.25) is 23.6 Å². The maximum Gasteiger partial charge on any atom is 0.276 e. The first-order chi connectivity index (χ1) is 42.5. The number of nitrogens with zero attached hydrogens (tertiary/aromatic N) is 6. The molecule has 4 heterocycles. The van der Waals surface area contributed by atoms with E-state index in [0.29, 0.717) is 57.4 Å². The van der Waals surface area contributed by atoms with Crippen LogP contribution < -0.4 is 26.4 Å². The number of ether oxygens (including phenoxy) is 6. The summed E-state index contributed by atoms with van der Waals surface area (Å²) in [6.07, 6.45) is -1.50. The minimum absolute atomic E-state index is 0.00105. The molecule has 2 aliphatic heterocycles. The van der Waals surface area contributed by atoms with Crippen molar-refractivity contribution >= 4 is 81.5 Å². The summed E-state index contributed by atoms with van der Waals surface area (Å²) in [4.78, 5) is 90.8. The van der Waals surface area contributed by atoms with E-state index in [0.717, 1.165) is 27.8 Å². The van der Waals surface area contributed by atoms with Gasteiger partial charge in [-0.05, 0) is 80.6 Å². The van der Waals surface area contributed by atoms with Gasteiger partial charge in [0.25, 0.3) is 11.8 Å². The van der Waals surface area contributed by atoms with Gasteiger partial charge >= 0.3 is 0 Å². The average Bonchev–Trinajstić information content (AvgIpc) is 2.20. The molecule has 0 aliphatic carbocycles. The van der Waals surface area contributed by atoms with E-state index in [1.54, 1.807) is 57.8 Å². The second-order valence-electron chi connectivity index (χ2n) is 22.7. The molecule has 0 radical (unpaired) electrons. The van der Waals surface area contributed by atoms with E-state index in [1.165, 1.54) is 17.0 Å². The minimum atomic E-state index is -0.954. The zero-order valence-corrected chi connectivity index (χ0v) is 53.4. The van der Waals surface area contributed by atoms with Crippen molar-refractivity contribution in [2.24, 2.45) is 5.41 Å². The number of amides is 6. The van der Waals surface area contributed by atoms with Gasteiger partial charge in [0.1, 0.15) is 24.0 Å². The van der Waals surface area contributed by atoms with Crippen LogP contribution in [0.1, 0.15) is 105 Å². The van der Waals surface area contributed by atoms with Crippen LogP contribution in [0.2, 0.25) is 10.0 Å². The Balaban J connectivity index is 0.692. The number of piperazine rings is 1. The van der Waals surface area contributed by atoms with Gasteiger partial charge in [-0.3, -0.25) is 28.8 Å². The highest BCUT2D eigenvalue weighted by Gasteiger charge is 2.44. The summed E-state index contributed by atoms with van der Waals surface area (Å²) < 4.78 is 48.1. The smallest absolute Gasteiger partial charge is 0.276 e. The fourth-order valence-electron chi connectivity index (χ4n) is 10.3. The van der Waals surface area contributed by atoms with Crippen LogP contribution in [0.15, 0.2) is 72.2 Å². The molecule has 89 heavy (non-hydrogen) atoms. The van der Waals surface area contributed by atoms with Crippen molar-refractivity contribution in [3.63, 3.8) is 0 Å². The van der Waals surface area contributed by atoms with Crippen LogP contribution in [0.3, 0.4) is 0 Å². The van der Waals surface area contributed by atoms with Crippen molar-refractivity contribution < 1.29 is 66.7 Å². The van der Waals surface area contributed by atoms with Crippen molar-refractivity contribution in [3.05, 3.63) is 116 Å². The number of halogens is 3. The van der Waals surface area contributed by atoms with Crippen molar-refractivity contribution in [2.45, 2.75) is 111 Å². The SMILES string of the molecule is Cc1ncsc1-c1ccc(CNC(=O)[C@@H]2C[C@@H](O)CN2C(=O)C(NC(=O)CCOCCOCCOCCOCCOCCC(=O)N2[C@H](C)CN(C(=O)c3ccc(NC(=O)c4cc(OC(C)c5c(Cl)ccc(F)c5Cl)c(N)nn4)cc3)C[C@@H]2C)C(C)(C)C)cc1. The number of benzene rings is 3. The molecule has 0 saturated carbocycles. The Bertz CT molecular complexity index is 3200. The van der Waals surface area contributed by atoms with Crippen molar-refractivity contribution in [1.82, 2.24) is 40.5 Å². The predicted molar refractivity (Wildman–Crippen MR) is 333 cm³/mol. The molecule has 6 atom stereocenters. The van der Waals surface area contributed by atoms with Crippen LogP contribution in [-0.4, -0.2) is 186 Å². The summed E-state index contributed by atoms with van der Waals surface area (Å²) in [5, 5.41) is 26.7. The first-order valence-electron chi connectivity index (χ1n) is 29.4. The van der Waals surface area contributed by atoms with Crippen LogP contribution in [-0.2, 0) is 49.4 Å². The Morgan fingerprint density at radius 3 is 1.99 bits per heavy atom. The molecule has 7 rings (SSSR count). The molecule has 2 unspecified atom stereocenters. The van der Waals surface area contributed by atoms with Crippen LogP contribution in [0.4, 0.5) is 15.9 Å². The van der Waals surface area contributed by atoms with E-state index in [1.807, 2.05) is 65.8 Å². The number of aromatic nitrogens is 3. The lowest BCUT2D eigenvalue weighted by molar-refractivity contribution is -0.144. The maximum absolute atomic E-state index is 14.2. The Hall–Kier alpha value is -6.94. The number of rotatable bonds is 30. The number of anilines is 2. The number of aryl methyl sites for hydroxylation is 1. The van der Waals surface area contributed by atoms with Crippen molar-refractivity contribution in [3.8, 4) is 16.2 Å². The van der Waals surface area contributed by atoms with E-state index >= 15 is 0 Å². The Morgan fingerprint density at radius 2 is 1.40 bits per heavy atom. The zero-order valence-electron chi connectivity index (χ0n) is 51.1. The molecule has 482 valence electrons. The number of nitrogen functional groups attached to an aromatic ring is 1. The largest absolute Gasteiger partial charge is 0.482 e. The summed E-state index contributed by atoms with van der Waals surface area (Å²) in [7, 11) is 0. The number of β-amino-alcohol motifs (C(OH)–C–C–N with tert-alkyl or cyclic N) is 1.